The van der Waals surface area contributed by atoms with E-state index in [9.17, 15) is 5.26 Å². The summed E-state index contributed by atoms with van der Waals surface area (Å²) in [5, 5.41) is 9.86. The third kappa shape index (κ3) is 9.02. The quantitative estimate of drug-likeness (QED) is 0.221. The van der Waals surface area contributed by atoms with Crippen molar-refractivity contribution in [2.45, 2.75) is 135 Å². The van der Waals surface area contributed by atoms with Crippen molar-refractivity contribution in [3.63, 3.8) is 0 Å². The number of hydrogen-bond acceptors (Lipinski definition) is 3. The molecule has 0 atom stereocenters. The summed E-state index contributed by atoms with van der Waals surface area (Å²) in [7, 11) is 0. The predicted molar refractivity (Wildman–Crippen MR) is 152 cm³/mol. The van der Waals surface area contributed by atoms with Crippen molar-refractivity contribution in [2.75, 3.05) is 0 Å². The lowest BCUT2D eigenvalue weighted by Crippen LogP contribution is -2.26. The van der Waals surface area contributed by atoms with Crippen LogP contribution in [0.25, 0.3) is 11.1 Å². The molecule has 0 spiro atoms. The summed E-state index contributed by atoms with van der Waals surface area (Å²) in [6.07, 6.45) is 26.2. The summed E-state index contributed by atoms with van der Waals surface area (Å²) in [6, 6.07) is 11.7. The summed E-state index contributed by atoms with van der Waals surface area (Å²) >= 11 is 0. The molecular weight excluding hydrogens is 438 g/mol. The third-order valence-electron chi connectivity index (χ3n) is 8.33. The van der Waals surface area contributed by atoms with Gasteiger partial charge in [0.25, 0.3) is 0 Å². The molecule has 1 heterocycles. The van der Waals surface area contributed by atoms with Gasteiger partial charge in [0.15, 0.2) is 0 Å². The van der Waals surface area contributed by atoms with Crippen molar-refractivity contribution in [3.05, 3.63) is 48.0 Å². The topological polar surface area (TPSA) is 49.6 Å². The summed E-state index contributed by atoms with van der Waals surface area (Å²) < 4.78 is 0. The van der Waals surface area contributed by atoms with Crippen molar-refractivity contribution < 1.29 is 0 Å². The van der Waals surface area contributed by atoms with E-state index in [1.54, 1.807) is 0 Å². The molecule has 1 aromatic heterocycles. The van der Waals surface area contributed by atoms with Crippen LogP contribution < -0.4 is 0 Å². The molecule has 3 nitrogen and oxygen atoms in total. The van der Waals surface area contributed by atoms with Gasteiger partial charge in [0, 0.05) is 23.9 Å². The summed E-state index contributed by atoms with van der Waals surface area (Å²) in [6.45, 7) is 4.52. The zero-order valence-electron chi connectivity index (χ0n) is 23.1. The van der Waals surface area contributed by atoms with E-state index in [-0.39, 0.29) is 5.41 Å². The molecule has 36 heavy (non-hydrogen) atoms. The van der Waals surface area contributed by atoms with Crippen LogP contribution in [0, 0.1) is 16.7 Å². The number of hydrogen-bond donors (Lipinski definition) is 0. The number of benzene rings is 1. The second kappa shape index (κ2) is 15.8. The average molecular weight is 488 g/mol. The number of nitrogens with zero attached hydrogens (tertiary/aromatic N) is 3. The largest absolute Gasteiger partial charge is 0.240 e. The number of rotatable bonds is 16. The average Bonchev–Trinajstić information content (AvgIpc) is 2.93. The molecular formula is C33H49N3. The maximum absolute atomic E-state index is 9.86. The van der Waals surface area contributed by atoms with Crippen LogP contribution in [0.2, 0.25) is 0 Å². The van der Waals surface area contributed by atoms with Gasteiger partial charge in [0.05, 0.1) is 11.5 Å². The molecule has 1 aromatic carbocycles. The Balaban J connectivity index is 1.42. The summed E-state index contributed by atoms with van der Waals surface area (Å²) in [4.78, 5) is 9.53. The zero-order chi connectivity index (χ0) is 25.5. The molecule has 1 fully saturated rings. The Morgan fingerprint density at radius 3 is 1.89 bits per heavy atom. The molecule has 0 aliphatic heterocycles. The molecule has 3 rings (SSSR count). The van der Waals surface area contributed by atoms with Crippen LogP contribution in [-0.2, 0) is 6.42 Å². The lowest BCUT2D eigenvalue weighted by Gasteiger charge is -2.34. The van der Waals surface area contributed by atoms with Crippen LogP contribution in [0.4, 0.5) is 0 Å². The van der Waals surface area contributed by atoms with Crippen LogP contribution in [0.15, 0.2) is 36.7 Å². The first-order chi connectivity index (χ1) is 17.7. The Bertz CT molecular complexity index is 886. The lowest BCUT2D eigenvalue weighted by molar-refractivity contribution is 0.219. The highest BCUT2D eigenvalue weighted by Crippen LogP contribution is 2.45. The first-order valence-corrected chi connectivity index (χ1v) is 15.0. The Morgan fingerprint density at radius 2 is 1.31 bits per heavy atom. The van der Waals surface area contributed by atoms with Crippen LogP contribution in [0.1, 0.15) is 140 Å². The highest BCUT2D eigenvalue weighted by atomic mass is 14.9. The smallest absolute Gasteiger partial charge is 0.131 e. The number of aryl methyl sites for hydroxylation is 1. The van der Waals surface area contributed by atoms with E-state index in [0.29, 0.717) is 5.92 Å². The molecule has 3 heteroatoms. The Hall–Kier alpha value is -2.21. The minimum Gasteiger partial charge on any atom is -0.240 e. The highest BCUT2D eigenvalue weighted by molar-refractivity contribution is 5.61. The van der Waals surface area contributed by atoms with Gasteiger partial charge >= 0.3 is 0 Å². The minimum atomic E-state index is -0.111. The number of unbranched alkanes of at least 4 members (excludes halogenated alkanes) is 10. The zero-order valence-corrected chi connectivity index (χ0v) is 23.1. The van der Waals surface area contributed by atoms with Gasteiger partial charge in [-0.15, -0.1) is 0 Å². The van der Waals surface area contributed by atoms with E-state index in [4.69, 9.17) is 9.97 Å². The molecule has 0 amide bonds. The minimum absolute atomic E-state index is 0.111. The van der Waals surface area contributed by atoms with E-state index >= 15 is 0 Å². The van der Waals surface area contributed by atoms with Gasteiger partial charge in [-0.05, 0) is 56.1 Å². The second-order valence-electron chi connectivity index (χ2n) is 11.2. The van der Waals surface area contributed by atoms with E-state index in [0.717, 1.165) is 43.5 Å². The van der Waals surface area contributed by atoms with Crippen LogP contribution in [0.5, 0.6) is 0 Å². The van der Waals surface area contributed by atoms with Crippen LogP contribution in [0.3, 0.4) is 0 Å². The maximum Gasteiger partial charge on any atom is 0.131 e. The van der Waals surface area contributed by atoms with Crippen LogP contribution >= 0.6 is 0 Å². The molecule has 196 valence electrons. The Morgan fingerprint density at radius 1 is 0.750 bits per heavy atom. The van der Waals surface area contributed by atoms with E-state index in [1.807, 2.05) is 12.4 Å². The van der Waals surface area contributed by atoms with Crippen molar-refractivity contribution >= 4 is 0 Å². The molecule has 1 aliphatic rings. The van der Waals surface area contributed by atoms with Gasteiger partial charge in [0.2, 0.25) is 0 Å². The predicted octanol–water partition coefficient (Wildman–Crippen LogP) is 9.96. The van der Waals surface area contributed by atoms with E-state index in [2.05, 4.69) is 44.2 Å². The molecule has 0 bridgehead atoms. The third-order valence-corrected chi connectivity index (χ3v) is 8.33. The summed E-state index contributed by atoms with van der Waals surface area (Å²) in [5.41, 5.74) is 3.61. The first-order valence-electron chi connectivity index (χ1n) is 15.0. The Kier molecular flexibility index (Phi) is 12.5. The van der Waals surface area contributed by atoms with Crippen LogP contribution in [-0.4, -0.2) is 9.97 Å². The van der Waals surface area contributed by atoms with Gasteiger partial charge in [0.1, 0.15) is 5.82 Å². The van der Waals surface area contributed by atoms with E-state index < -0.39 is 0 Å². The monoisotopic (exact) mass is 487 g/mol. The SMILES string of the molecule is CCCCCCCCCCc1ccc(-c2cnc(C3CCC(C#N)(CCCCCC)CC3)nc2)cc1. The molecule has 0 N–H and O–H groups in total. The fourth-order valence-corrected chi connectivity index (χ4v) is 5.76. The molecule has 0 saturated heterocycles. The van der Waals surface area contributed by atoms with Crippen molar-refractivity contribution in [3.8, 4) is 17.2 Å². The summed E-state index contributed by atoms with van der Waals surface area (Å²) in [5.74, 6) is 1.35. The molecule has 1 saturated carbocycles. The first kappa shape index (κ1) is 28.4. The highest BCUT2D eigenvalue weighted by Gasteiger charge is 2.36. The molecule has 0 unspecified atom stereocenters. The standard InChI is InChI=1S/C33H49N3/c1-3-5-7-9-10-11-12-13-15-28-16-18-29(19-17-28)31-25-35-32(36-26-31)30-20-23-33(27-34,24-21-30)22-14-8-6-4-2/h16-19,25-26,30H,3-15,20-24H2,1-2H3. The fraction of sp³-hybridized carbons (Fsp3) is 0.667. The van der Waals surface area contributed by atoms with E-state index in [1.165, 1.54) is 94.6 Å². The lowest BCUT2D eigenvalue weighted by atomic mass is 9.68. The number of nitriles is 1. The van der Waals surface area contributed by atoms with Gasteiger partial charge in [-0.3, -0.25) is 0 Å². The molecule has 2 aromatic rings. The maximum atomic E-state index is 9.86. The van der Waals surface area contributed by atoms with Crippen molar-refractivity contribution in [1.82, 2.24) is 9.97 Å². The van der Waals surface area contributed by atoms with Gasteiger partial charge in [-0.2, -0.15) is 5.26 Å². The van der Waals surface area contributed by atoms with Gasteiger partial charge in [-0.25, -0.2) is 9.97 Å². The molecule has 0 radical (unpaired) electrons. The fourth-order valence-electron chi connectivity index (χ4n) is 5.76. The van der Waals surface area contributed by atoms with Gasteiger partial charge in [-0.1, -0.05) is 109 Å². The van der Waals surface area contributed by atoms with Crippen molar-refractivity contribution in [2.24, 2.45) is 5.41 Å². The second-order valence-corrected chi connectivity index (χ2v) is 11.2. The Labute approximate surface area is 221 Å². The number of aromatic nitrogens is 2. The molecule has 1 aliphatic carbocycles. The normalized spacial score (nSPS) is 19.8. The van der Waals surface area contributed by atoms with Gasteiger partial charge < -0.3 is 0 Å². The van der Waals surface area contributed by atoms with Crippen molar-refractivity contribution in [1.29, 1.82) is 5.26 Å².